The van der Waals surface area contributed by atoms with E-state index >= 15 is 0 Å². The summed E-state index contributed by atoms with van der Waals surface area (Å²) < 4.78 is 0. The lowest BCUT2D eigenvalue weighted by Gasteiger charge is -2.12. The van der Waals surface area contributed by atoms with E-state index in [0.29, 0.717) is 5.56 Å². The van der Waals surface area contributed by atoms with E-state index in [1.165, 1.54) is 0 Å². The summed E-state index contributed by atoms with van der Waals surface area (Å²) in [5.41, 5.74) is 9.17. The van der Waals surface area contributed by atoms with Gasteiger partial charge in [-0.25, -0.2) is 0 Å². The Labute approximate surface area is 128 Å². The Morgan fingerprint density at radius 1 is 1.35 bits per heavy atom. The second-order valence-electron chi connectivity index (χ2n) is 4.52. The molecule has 0 atom stereocenters. The van der Waals surface area contributed by atoms with Gasteiger partial charge >= 0.3 is 0 Å². The number of thioether (sulfide) groups is 1. The fraction of sp³-hybridized carbons (Fsp3) is 0.200. The van der Waals surface area contributed by atoms with Crippen molar-refractivity contribution in [2.75, 3.05) is 0 Å². The van der Waals surface area contributed by atoms with Crippen molar-refractivity contribution in [1.29, 1.82) is 5.41 Å². The Bertz CT molecular complexity index is 656. The van der Waals surface area contributed by atoms with Gasteiger partial charge in [-0.05, 0) is 31.5 Å². The number of nitrogens with two attached hydrogens (primary N) is 1. The molecule has 0 bridgehead atoms. The van der Waals surface area contributed by atoms with E-state index in [9.17, 15) is 0 Å². The largest absolute Gasteiger partial charge is 0.384 e. The quantitative estimate of drug-likeness (QED) is 0.511. The van der Waals surface area contributed by atoms with Crippen molar-refractivity contribution in [2.45, 2.75) is 24.5 Å². The molecule has 0 saturated carbocycles. The number of nitrogen functional groups attached to an aromatic ring is 1. The highest BCUT2D eigenvalue weighted by Crippen LogP contribution is 2.30. The third-order valence-corrected chi connectivity index (χ3v) is 4.36. The molecule has 0 fully saturated rings. The lowest BCUT2D eigenvalue weighted by Crippen LogP contribution is -2.15. The molecule has 0 aliphatic heterocycles. The van der Waals surface area contributed by atoms with Gasteiger partial charge < -0.3 is 5.73 Å². The van der Waals surface area contributed by atoms with Gasteiger partial charge in [-0.15, -0.1) is 11.8 Å². The van der Waals surface area contributed by atoms with Crippen LogP contribution in [0.3, 0.4) is 0 Å². The highest BCUT2D eigenvalue weighted by molar-refractivity contribution is 7.98. The van der Waals surface area contributed by atoms with Gasteiger partial charge in [-0.2, -0.15) is 0 Å². The second-order valence-corrected chi connectivity index (χ2v) is 5.94. The molecule has 0 radical (unpaired) electrons. The molecule has 2 rings (SSSR count). The van der Waals surface area contributed by atoms with E-state index < -0.39 is 0 Å². The van der Waals surface area contributed by atoms with E-state index in [1.54, 1.807) is 11.8 Å². The van der Waals surface area contributed by atoms with E-state index in [0.717, 1.165) is 32.6 Å². The zero-order valence-electron chi connectivity index (χ0n) is 11.4. The van der Waals surface area contributed by atoms with Crippen LogP contribution in [0.15, 0.2) is 35.2 Å². The van der Waals surface area contributed by atoms with Crippen LogP contribution in [-0.4, -0.2) is 10.8 Å². The molecule has 0 aliphatic rings. The average molecular weight is 306 g/mol. The van der Waals surface area contributed by atoms with Gasteiger partial charge in [0, 0.05) is 27.1 Å². The van der Waals surface area contributed by atoms with Crippen LogP contribution in [0.2, 0.25) is 5.02 Å². The molecule has 104 valence electrons. The Morgan fingerprint density at radius 3 is 2.70 bits per heavy atom. The van der Waals surface area contributed by atoms with Gasteiger partial charge in [0.25, 0.3) is 0 Å². The van der Waals surface area contributed by atoms with Crippen LogP contribution in [0.1, 0.15) is 22.5 Å². The first-order valence-electron chi connectivity index (χ1n) is 6.18. The molecule has 2 aromatic rings. The third-order valence-electron chi connectivity index (χ3n) is 2.90. The van der Waals surface area contributed by atoms with Gasteiger partial charge in [0.2, 0.25) is 0 Å². The van der Waals surface area contributed by atoms with Crippen LogP contribution >= 0.6 is 23.4 Å². The number of nitrogens with one attached hydrogen (secondary N) is 1. The molecule has 0 spiro atoms. The molecular weight excluding hydrogens is 290 g/mol. The minimum absolute atomic E-state index is 0.0525. The molecule has 5 heteroatoms. The normalized spacial score (nSPS) is 10.6. The standard InChI is InChI=1S/C15H16ClN3S/c1-9-7-13(14(15(17)18)10(2)19-9)20-8-11-5-3-4-6-12(11)16/h3-7H,8H2,1-2H3,(H3,17,18). The van der Waals surface area contributed by atoms with E-state index in [1.807, 2.05) is 44.2 Å². The number of hydrogen-bond acceptors (Lipinski definition) is 3. The van der Waals surface area contributed by atoms with Crippen LogP contribution in [-0.2, 0) is 5.75 Å². The number of nitrogens with zero attached hydrogens (tertiary/aromatic N) is 1. The van der Waals surface area contributed by atoms with Crippen molar-refractivity contribution < 1.29 is 0 Å². The minimum Gasteiger partial charge on any atom is -0.384 e. The van der Waals surface area contributed by atoms with Gasteiger partial charge in [-0.1, -0.05) is 29.8 Å². The van der Waals surface area contributed by atoms with E-state index in [4.69, 9.17) is 22.7 Å². The molecular formula is C15H16ClN3S. The number of halogens is 1. The number of aromatic nitrogens is 1. The first-order chi connectivity index (χ1) is 9.49. The summed E-state index contributed by atoms with van der Waals surface area (Å²) in [4.78, 5) is 5.34. The van der Waals surface area contributed by atoms with Crippen LogP contribution in [0.5, 0.6) is 0 Å². The highest BCUT2D eigenvalue weighted by Gasteiger charge is 2.12. The predicted octanol–water partition coefficient (Wildman–Crippen LogP) is 3.93. The molecule has 0 amide bonds. The van der Waals surface area contributed by atoms with E-state index in [-0.39, 0.29) is 5.84 Å². The zero-order chi connectivity index (χ0) is 14.7. The molecule has 0 aliphatic carbocycles. The maximum Gasteiger partial charge on any atom is 0.125 e. The zero-order valence-corrected chi connectivity index (χ0v) is 13.0. The minimum atomic E-state index is 0.0525. The molecule has 1 aromatic heterocycles. The SMILES string of the molecule is Cc1cc(SCc2ccccc2Cl)c(C(=N)N)c(C)n1. The van der Waals surface area contributed by atoms with Crippen molar-refractivity contribution in [3.63, 3.8) is 0 Å². The fourth-order valence-corrected chi connectivity index (χ4v) is 3.51. The molecule has 1 heterocycles. The topological polar surface area (TPSA) is 62.8 Å². The monoisotopic (exact) mass is 305 g/mol. The summed E-state index contributed by atoms with van der Waals surface area (Å²) in [6.07, 6.45) is 0. The molecule has 20 heavy (non-hydrogen) atoms. The molecule has 1 aromatic carbocycles. The Morgan fingerprint density at radius 2 is 2.05 bits per heavy atom. The smallest absolute Gasteiger partial charge is 0.125 e. The molecule has 0 saturated heterocycles. The van der Waals surface area contributed by atoms with Gasteiger partial charge in [0.15, 0.2) is 0 Å². The third kappa shape index (κ3) is 3.32. The van der Waals surface area contributed by atoms with E-state index in [2.05, 4.69) is 4.98 Å². The summed E-state index contributed by atoms with van der Waals surface area (Å²) in [6.45, 7) is 3.82. The number of benzene rings is 1. The average Bonchev–Trinajstić information content (AvgIpc) is 2.36. The Hall–Kier alpha value is -1.52. The summed E-state index contributed by atoms with van der Waals surface area (Å²) in [5, 5.41) is 8.47. The number of pyridine rings is 1. The number of amidine groups is 1. The first kappa shape index (κ1) is 14.9. The number of rotatable bonds is 4. The van der Waals surface area contributed by atoms with Crippen molar-refractivity contribution in [2.24, 2.45) is 5.73 Å². The lowest BCUT2D eigenvalue weighted by molar-refractivity contribution is 1.07. The van der Waals surface area contributed by atoms with Gasteiger partial charge in [0.05, 0.1) is 5.56 Å². The van der Waals surface area contributed by atoms with Gasteiger partial charge in [-0.3, -0.25) is 10.4 Å². The Kier molecular flexibility index (Phi) is 4.68. The van der Waals surface area contributed by atoms with Crippen molar-refractivity contribution in [3.8, 4) is 0 Å². The maximum absolute atomic E-state index is 7.71. The summed E-state index contributed by atoms with van der Waals surface area (Å²) in [6, 6.07) is 9.73. The lowest BCUT2D eigenvalue weighted by atomic mass is 10.1. The maximum atomic E-state index is 7.71. The fourth-order valence-electron chi connectivity index (χ4n) is 2.01. The second kappa shape index (κ2) is 6.29. The summed E-state index contributed by atoms with van der Waals surface area (Å²) in [5.74, 6) is 0.791. The van der Waals surface area contributed by atoms with Crippen LogP contribution in [0.4, 0.5) is 0 Å². The number of aryl methyl sites for hydroxylation is 2. The number of hydrogen-bond donors (Lipinski definition) is 2. The van der Waals surface area contributed by atoms with Crippen molar-refractivity contribution >= 4 is 29.2 Å². The van der Waals surface area contributed by atoms with Crippen molar-refractivity contribution in [1.82, 2.24) is 4.98 Å². The van der Waals surface area contributed by atoms with Crippen LogP contribution in [0, 0.1) is 19.3 Å². The molecule has 0 unspecified atom stereocenters. The summed E-state index contributed by atoms with van der Waals surface area (Å²) >= 11 is 7.79. The summed E-state index contributed by atoms with van der Waals surface area (Å²) in [7, 11) is 0. The van der Waals surface area contributed by atoms with Gasteiger partial charge in [0.1, 0.15) is 5.84 Å². The first-order valence-corrected chi connectivity index (χ1v) is 7.54. The molecule has 3 nitrogen and oxygen atoms in total. The Balaban J connectivity index is 2.30. The van der Waals surface area contributed by atoms with Crippen LogP contribution < -0.4 is 5.73 Å². The van der Waals surface area contributed by atoms with Crippen molar-refractivity contribution in [3.05, 3.63) is 57.9 Å². The van der Waals surface area contributed by atoms with Crippen LogP contribution in [0.25, 0.3) is 0 Å². The highest BCUT2D eigenvalue weighted by atomic mass is 35.5. The molecule has 3 N–H and O–H groups in total. The predicted molar refractivity (Wildman–Crippen MR) is 85.7 cm³/mol.